The maximum absolute atomic E-state index is 14.2. The Morgan fingerprint density at radius 2 is 0.692 bits per heavy atom. The van der Waals surface area contributed by atoms with Crippen LogP contribution in [0.15, 0.2) is 146 Å². The Balaban J connectivity index is 0.000000192. The summed E-state index contributed by atoms with van der Waals surface area (Å²) < 4.78 is 138. The van der Waals surface area contributed by atoms with Gasteiger partial charge in [-0.3, -0.25) is 43.5 Å². The van der Waals surface area contributed by atoms with E-state index in [0.29, 0.717) is 139 Å². The summed E-state index contributed by atoms with van der Waals surface area (Å²) in [4.78, 5) is 140. The lowest BCUT2D eigenvalue weighted by Crippen LogP contribution is -2.73. The van der Waals surface area contributed by atoms with Gasteiger partial charge in [-0.1, -0.05) is 158 Å². The van der Waals surface area contributed by atoms with Crippen molar-refractivity contribution >= 4 is 65.5 Å². The molecule has 9 amide bonds. The maximum Gasteiger partial charge on any atom is 0.416 e. The first-order valence-electron chi connectivity index (χ1n) is 46.5. The van der Waals surface area contributed by atoms with Crippen molar-refractivity contribution in [2.45, 2.75) is 231 Å². The molecule has 24 nitrogen and oxygen atoms in total. The van der Waals surface area contributed by atoms with Gasteiger partial charge >= 0.3 is 36.8 Å². The molecule has 133 heavy (non-hydrogen) atoms. The average Bonchev–Trinajstić information content (AvgIpc) is 0.764. The number of ether oxygens (including phenoxy) is 3. The van der Waals surface area contributed by atoms with Crippen LogP contribution < -0.4 is 17.2 Å². The van der Waals surface area contributed by atoms with Crippen molar-refractivity contribution in [2.75, 3.05) is 90.5 Å². The number of unbranched alkanes of at least 4 members (excludes halogenated alkanes) is 4. The molecule has 7 aliphatic rings. The Labute approximate surface area is 777 Å². The average molecular weight is 1880 g/mol. The number of rotatable bonds is 33. The molecule has 0 unspecified atom stereocenters. The summed E-state index contributed by atoms with van der Waals surface area (Å²) in [5.74, 6) is -1.55. The van der Waals surface area contributed by atoms with Gasteiger partial charge in [0.25, 0.3) is 0 Å². The van der Waals surface area contributed by atoms with Gasteiger partial charge in [-0.2, -0.15) is 51.3 Å². The van der Waals surface area contributed by atoms with Crippen molar-refractivity contribution in [3.8, 4) is 0 Å². The molecule has 34 heteroatoms. The number of benzene rings is 6. The summed E-state index contributed by atoms with van der Waals surface area (Å²) in [7, 11) is 0. The summed E-state index contributed by atoms with van der Waals surface area (Å²) in [6.07, 6.45) is -1.70. The minimum absolute atomic E-state index is 0.0672. The number of hydrogen-bond acceptors (Lipinski definition) is 16. The van der Waals surface area contributed by atoms with E-state index < -0.39 is 108 Å². The molecule has 6 aromatic carbocycles. The van der Waals surface area contributed by atoms with E-state index in [2.05, 4.69) is 0 Å². The zero-order chi connectivity index (χ0) is 95.8. The maximum atomic E-state index is 14.2. The minimum Gasteiger partial charge on any atom is -0.444 e. The fraction of sp³-hybridized carbons (Fsp3) is 0.545. The third-order valence-electron chi connectivity index (χ3n) is 25.8. The molecule has 6 saturated heterocycles. The van der Waals surface area contributed by atoms with Crippen LogP contribution in [-0.2, 0) is 101 Å². The van der Waals surface area contributed by atoms with E-state index in [4.69, 9.17) is 31.4 Å². The highest BCUT2D eigenvalue weighted by Crippen LogP contribution is 2.41. The first-order valence-corrected chi connectivity index (χ1v) is 47.9. The predicted molar refractivity (Wildman–Crippen MR) is 486 cm³/mol. The van der Waals surface area contributed by atoms with Crippen molar-refractivity contribution in [1.29, 1.82) is 0 Å². The number of carbonyl (C=O) groups is 9. The van der Waals surface area contributed by atoms with Crippen LogP contribution in [0.4, 0.5) is 53.9 Å². The predicted octanol–water partition coefficient (Wildman–Crippen LogP) is 16.1. The van der Waals surface area contributed by atoms with Crippen molar-refractivity contribution in [3.05, 3.63) is 212 Å². The lowest BCUT2D eigenvalue weighted by Gasteiger charge is -2.54. The summed E-state index contributed by atoms with van der Waals surface area (Å²) in [6.45, 7) is 9.25. The molecule has 13 rings (SSSR count). The Bertz CT molecular complexity index is 4890. The van der Waals surface area contributed by atoms with Crippen molar-refractivity contribution in [3.63, 3.8) is 0 Å². The zero-order valence-electron chi connectivity index (χ0n) is 76.6. The monoisotopic (exact) mass is 1880 g/mol. The number of carbonyl (C=O) groups excluding carboxylic acids is 9. The number of piperazine rings is 3. The van der Waals surface area contributed by atoms with Crippen LogP contribution in [0.2, 0.25) is 0 Å². The molecule has 0 aromatic heterocycles. The van der Waals surface area contributed by atoms with Crippen LogP contribution in [0.1, 0.15) is 183 Å². The molecular formula is C99H127F9N12O12S. The standard InChI is InChI=1S/C35H45F3N4O4.C32H41F3N4O4S.C32H41F3N4O4/c1-24-16-27(19-29(17-24)35(36,37)38)23-46-34(45)41-21-28(18-25-10-4-2-5-11-25)32(43)42-30(14-8-9-15-39)33(44)40(22-31(41)42)20-26-12-6-3-7-13-26;1-22-15-24(18-26(16-22)32(33,34)35)21-43-31(42)38-19-25(17-23-9-4-3-5-10-23)29(40)39-27(11-6-7-12-36)30(41)37(20-28(38)39)13-8-14-44-2;1-3-4-14-37-20-28-38(31(42)43-21-24-15-22(2)16-26(18-24)32(33,34)35)19-25(17-23-10-6-5-7-11-23)29(40)39(28)27(30(37)41)12-8-9-13-36/h2,4-5,10-11,16-17,19,26,28,30-31H,3,6-9,12-15,18,20-23,39H2,1H3;3-5,9-10,15-16,18,25,27-28H,6-8,11-14,17,19-21,36H2,1-2H3;5-7,10-11,15-16,18,25,27-28H,3-4,8-9,12-14,17,19-21,36H2,1-2H3/t28-,30-,31+;2*25-,27-,28+/m000/s1. The van der Waals surface area contributed by atoms with Crippen molar-refractivity contribution < 1.29 is 96.9 Å². The van der Waals surface area contributed by atoms with E-state index in [1.54, 1.807) is 75.2 Å². The second kappa shape index (κ2) is 48.1. The number of thioether (sulfide) groups is 1. The fourth-order valence-electron chi connectivity index (χ4n) is 19.3. The smallest absolute Gasteiger partial charge is 0.416 e. The van der Waals surface area contributed by atoms with E-state index in [-0.39, 0.29) is 111 Å². The molecule has 6 aliphatic heterocycles. The van der Waals surface area contributed by atoms with Crippen molar-refractivity contribution in [2.24, 2.45) is 40.9 Å². The molecule has 6 heterocycles. The Morgan fingerprint density at radius 3 is 0.992 bits per heavy atom. The number of hydrogen-bond donors (Lipinski definition) is 3. The number of fused-ring (bicyclic) bond motifs is 3. The number of nitrogens with zero attached hydrogens (tertiary/aromatic N) is 9. The Hall–Kier alpha value is -10.5. The van der Waals surface area contributed by atoms with Crippen LogP contribution in [0.25, 0.3) is 0 Å². The third kappa shape index (κ3) is 27.7. The quantitative estimate of drug-likeness (QED) is 0.0196. The number of amides is 9. The normalized spacial score (nSPS) is 21.4. The van der Waals surface area contributed by atoms with Crippen LogP contribution in [0, 0.1) is 44.4 Å². The number of nitrogens with two attached hydrogens (primary N) is 3. The highest BCUT2D eigenvalue weighted by Gasteiger charge is 2.56. The molecular weight excluding hydrogens is 1750 g/mol. The molecule has 7 fully saturated rings. The second-order valence-corrected chi connectivity index (χ2v) is 37.0. The van der Waals surface area contributed by atoms with Gasteiger partial charge in [-0.15, -0.1) is 0 Å². The van der Waals surface area contributed by atoms with Crippen molar-refractivity contribution in [1.82, 2.24) is 44.1 Å². The SMILES string of the molecule is CCCCN1C[C@@H]2N(C(=O)OCc3cc(C)cc(C(F)(F)F)c3)C[C@H](Cc3ccccc3)C(=O)N2[C@@H](CCCCN)C1=O.CSCCCN1C[C@@H]2N(C(=O)OCc3cc(C)cc(C(F)(F)F)c3)C[C@H](Cc3ccccc3)C(=O)N2[C@@H](CCCCN)C1=O.Cc1cc(COC(=O)N2C[C@H](Cc3ccccc3)C(=O)N3[C@@H]2CN(CC2CCCCC2)C(=O)[C@@H]3CCCCN)cc(C(F)(F)F)c1. The lowest BCUT2D eigenvalue weighted by molar-refractivity contribution is -0.174. The van der Waals surface area contributed by atoms with E-state index in [0.717, 1.165) is 104 Å². The van der Waals surface area contributed by atoms with E-state index in [1.165, 1.54) is 21.1 Å². The molecule has 0 spiro atoms. The Morgan fingerprint density at radius 1 is 0.383 bits per heavy atom. The first-order chi connectivity index (χ1) is 63.6. The largest absolute Gasteiger partial charge is 0.444 e. The van der Waals surface area contributed by atoms with E-state index >= 15 is 0 Å². The summed E-state index contributed by atoms with van der Waals surface area (Å²) in [6, 6.07) is 36.9. The topological polar surface area (TPSA) is 289 Å². The van der Waals surface area contributed by atoms with Gasteiger partial charge in [0.1, 0.15) is 56.4 Å². The molecule has 6 aromatic rings. The molecule has 6 N–H and O–H groups in total. The van der Waals surface area contributed by atoms with Crippen LogP contribution in [-0.4, -0.2) is 225 Å². The summed E-state index contributed by atoms with van der Waals surface area (Å²) in [5.41, 5.74) is 19.4. The van der Waals surface area contributed by atoms with Gasteiger partial charge < -0.3 is 60.8 Å². The summed E-state index contributed by atoms with van der Waals surface area (Å²) >= 11 is 1.68. The number of alkyl halides is 9. The van der Waals surface area contributed by atoms with Gasteiger partial charge in [-0.25, -0.2) is 14.4 Å². The number of aryl methyl sites for hydroxylation is 3. The molecule has 1 saturated carbocycles. The zero-order valence-corrected chi connectivity index (χ0v) is 77.4. The van der Waals surface area contributed by atoms with Gasteiger partial charge in [0.2, 0.25) is 35.4 Å². The first kappa shape index (κ1) is 103. The van der Waals surface area contributed by atoms with Gasteiger partial charge in [0.05, 0.1) is 54.1 Å². The Kier molecular flexibility index (Phi) is 37.3. The van der Waals surface area contributed by atoms with Crippen LogP contribution in [0.5, 0.6) is 0 Å². The van der Waals surface area contributed by atoms with Crippen LogP contribution >= 0.6 is 11.8 Å². The van der Waals surface area contributed by atoms with Crippen LogP contribution in [0.3, 0.4) is 0 Å². The molecule has 0 radical (unpaired) electrons. The van der Waals surface area contributed by atoms with Gasteiger partial charge in [0.15, 0.2) is 0 Å². The number of halogens is 9. The second-order valence-electron chi connectivity index (χ2n) is 36.0. The highest BCUT2D eigenvalue weighted by molar-refractivity contribution is 7.98. The van der Waals surface area contributed by atoms with E-state index in [9.17, 15) is 82.7 Å². The van der Waals surface area contributed by atoms with Gasteiger partial charge in [0, 0.05) is 39.3 Å². The molecule has 724 valence electrons. The summed E-state index contributed by atoms with van der Waals surface area (Å²) in [5, 5.41) is 0. The van der Waals surface area contributed by atoms with E-state index in [1.807, 2.05) is 109 Å². The fourth-order valence-corrected chi connectivity index (χ4v) is 19.7. The molecule has 1 aliphatic carbocycles. The van der Waals surface area contributed by atoms with Gasteiger partial charge in [-0.05, 0) is 231 Å². The minimum atomic E-state index is -4.53. The highest BCUT2D eigenvalue weighted by atomic mass is 32.2. The molecule has 9 atom stereocenters. The lowest BCUT2D eigenvalue weighted by atomic mass is 9.87. The molecule has 0 bridgehead atoms. The third-order valence-corrected chi connectivity index (χ3v) is 26.5.